The van der Waals surface area contributed by atoms with Crippen molar-refractivity contribution in [1.82, 2.24) is 0 Å². The maximum absolute atomic E-state index is 6.41. The molecule has 2 aliphatic rings. The van der Waals surface area contributed by atoms with Gasteiger partial charge in [-0.3, -0.25) is 0 Å². The van der Waals surface area contributed by atoms with Crippen LogP contribution >= 0.6 is 11.6 Å². The molecule has 0 unspecified atom stereocenters. The first-order chi connectivity index (χ1) is 7.84. The van der Waals surface area contributed by atoms with Crippen molar-refractivity contribution >= 4 is 17.7 Å². The van der Waals surface area contributed by atoms with Crippen molar-refractivity contribution in [1.29, 1.82) is 0 Å². The van der Waals surface area contributed by atoms with E-state index in [0.717, 1.165) is 11.4 Å². The topological polar surface area (TPSA) is 0 Å². The Labute approximate surface area is 102 Å². The van der Waals surface area contributed by atoms with E-state index in [1.54, 1.807) is 0 Å². The average Bonchev–Trinajstić information content (AvgIpc) is 2.76. The maximum Gasteiger partial charge on any atom is 0.0446 e. The smallest absolute Gasteiger partial charge is 0.0446 e. The van der Waals surface area contributed by atoms with Crippen molar-refractivity contribution in [3.63, 3.8) is 0 Å². The minimum atomic E-state index is 0.715. The second-order valence-electron chi connectivity index (χ2n) is 5.01. The van der Waals surface area contributed by atoms with E-state index in [4.69, 9.17) is 11.6 Å². The van der Waals surface area contributed by atoms with E-state index in [1.807, 2.05) is 0 Å². The van der Waals surface area contributed by atoms with Crippen LogP contribution in [0, 0.1) is 0 Å². The first-order valence-corrected chi connectivity index (χ1v) is 6.71. The van der Waals surface area contributed by atoms with Crippen molar-refractivity contribution < 1.29 is 0 Å². The van der Waals surface area contributed by atoms with E-state index in [1.165, 1.54) is 48.8 Å². The molecule has 1 aromatic rings. The van der Waals surface area contributed by atoms with Crippen LogP contribution in [0.3, 0.4) is 0 Å². The van der Waals surface area contributed by atoms with Gasteiger partial charge in [0.05, 0.1) is 0 Å². The van der Waals surface area contributed by atoms with Crippen LogP contribution in [0.2, 0.25) is 5.02 Å². The summed E-state index contributed by atoms with van der Waals surface area (Å²) in [5.74, 6) is 0.715. The Morgan fingerprint density at radius 3 is 2.69 bits per heavy atom. The molecule has 2 aliphatic carbocycles. The third-order valence-electron chi connectivity index (χ3n) is 3.94. The summed E-state index contributed by atoms with van der Waals surface area (Å²) >= 11 is 6.41. The van der Waals surface area contributed by atoms with E-state index in [0.29, 0.717) is 5.92 Å². The number of hydrogen-bond acceptors (Lipinski definition) is 0. The highest BCUT2D eigenvalue weighted by Crippen LogP contribution is 2.38. The Morgan fingerprint density at radius 2 is 1.88 bits per heavy atom. The largest absolute Gasteiger partial charge is 0.0840 e. The van der Waals surface area contributed by atoms with Crippen LogP contribution in [0.25, 0.3) is 6.08 Å². The van der Waals surface area contributed by atoms with Gasteiger partial charge in [0.15, 0.2) is 0 Å². The molecule has 1 fully saturated rings. The lowest BCUT2D eigenvalue weighted by atomic mass is 9.83. The van der Waals surface area contributed by atoms with Crippen LogP contribution in [-0.4, -0.2) is 0 Å². The van der Waals surface area contributed by atoms with Gasteiger partial charge in [-0.1, -0.05) is 49.1 Å². The fraction of sp³-hybridized carbons (Fsp3) is 0.467. The number of halogens is 1. The lowest BCUT2D eigenvalue weighted by Gasteiger charge is -2.23. The Bertz CT molecular complexity index is 425. The predicted molar refractivity (Wildman–Crippen MR) is 70.0 cm³/mol. The van der Waals surface area contributed by atoms with Crippen molar-refractivity contribution in [2.75, 3.05) is 0 Å². The highest BCUT2D eigenvalue weighted by atomic mass is 35.5. The summed E-state index contributed by atoms with van der Waals surface area (Å²) in [6.45, 7) is 0. The lowest BCUT2D eigenvalue weighted by molar-refractivity contribution is 0.443. The number of fused-ring (bicyclic) bond motifs is 1. The van der Waals surface area contributed by atoms with Crippen molar-refractivity contribution in [2.24, 2.45) is 0 Å². The van der Waals surface area contributed by atoms with Gasteiger partial charge in [-0.15, -0.1) is 0 Å². The SMILES string of the molecule is Clc1cc2c(cc1C1CCCCC1)CC=C2. The zero-order valence-electron chi connectivity index (χ0n) is 9.51. The van der Waals surface area contributed by atoms with E-state index >= 15 is 0 Å². The molecule has 0 aliphatic heterocycles. The van der Waals surface area contributed by atoms with E-state index in [9.17, 15) is 0 Å². The standard InChI is InChI=1S/C15H17Cl/c16-15-10-13-8-4-7-12(13)9-14(15)11-5-2-1-3-6-11/h4,8-11H,1-3,5-7H2. The minimum absolute atomic E-state index is 0.715. The van der Waals surface area contributed by atoms with Gasteiger partial charge in [0.25, 0.3) is 0 Å². The molecular weight excluding hydrogens is 216 g/mol. The van der Waals surface area contributed by atoms with Crippen LogP contribution in [0.4, 0.5) is 0 Å². The molecule has 84 valence electrons. The number of allylic oxidation sites excluding steroid dienone is 1. The summed E-state index contributed by atoms with van der Waals surface area (Å²) in [7, 11) is 0. The number of hydrogen-bond donors (Lipinski definition) is 0. The van der Waals surface area contributed by atoms with E-state index in [2.05, 4.69) is 24.3 Å². The third kappa shape index (κ3) is 1.80. The molecule has 0 bridgehead atoms. The molecule has 1 saturated carbocycles. The molecule has 0 spiro atoms. The lowest BCUT2D eigenvalue weighted by Crippen LogP contribution is -2.05. The van der Waals surface area contributed by atoms with Crippen LogP contribution in [0.5, 0.6) is 0 Å². The van der Waals surface area contributed by atoms with E-state index in [-0.39, 0.29) is 0 Å². The van der Waals surface area contributed by atoms with Gasteiger partial charge in [0.2, 0.25) is 0 Å². The van der Waals surface area contributed by atoms with Gasteiger partial charge in [-0.25, -0.2) is 0 Å². The zero-order valence-corrected chi connectivity index (χ0v) is 10.3. The summed E-state index contributed by atoms with van der Waals surface area (Å²) < 4.78 is 0. The highest BCUT2D eigenvalue weighted by molar-refractivity contribution is 6.31. The summed E-state index contributed by atoms with van der Waals surface area (Å²) in [6.07, 6.45) is 12.3. The predicted octanol–water partition coefficient (Wildman–Crippen LogP) is 4.96. The van der Waals surface area contributed by atoms with Gasteiger partial charge in [-0.05, 0) is 47.9 Å². The van der Waals surface area contributed by atoms with Crippen molar-refractivity contribution in [3.05, 3.63) is 39.9 Å². The molecule has 0 aromatic heterocycles. The average molecular weight is 233 g/mol. The van der Waals surface area contributed by atoms with Gasteiger partial charge in [0, 0.05) is 5.02 Å². The minimum Gasteiger partial charge on any atom is -0.0840 e. The first-order valence-electron chi connectivity index (χ1n) is 6.33. The molecule has 0 N–H and O–H groups in total. The third-order valence-corrected chi connectivity index (χ3v) is 4.27. The Balaban J connectivity index is 1.95. The quantitative estimate of drug-likeness (QED) is 0.642. The molecule has 16 heavy (non-hydrogen) atoms. The summed E-state index contributed by atoms with van der Waals surface area (Å²) in [6, 6.07) is 4.51. The molecule has 0 saturated heterocycles. The monoisotopic (exact) mass is 232 g/mol. The molecular formula is C15H17Cl. The molecule has 0 nitrogen and oxygen atoms in total. The molecule has 0 heterocycles. The van der Waals surface area contributed by atoms with Crippen molar-refractivity contribution in [3.8, 4) is 0 Å². The van der Waals surface area contributed by atoms with Gasteiger partial charge < -0.3 is 0 Å². The molecule has 0 amide bonds. The van der Waals surface area contributed by atoms with Crippen LogP contribution in [0.15, 0.2) is 18.2 Å². The number of benzene rings is 1. The summed E-state index contributed by atoms with van der Waals surface area (Å²) in [5, 5.41) is 0.984. The molecule has 0 radical (unpaired) electrons. The highest BCUT2D eigenvalue weighted by Gasteiger charge is 2.20. The van der Waals surface area contributed by atoms with Crippen LogP contribution < -0.4 is 0 Å². The van der Waals surface area contributed by atoms with E-state index < -0.39 is 0 Å². The van der Waals surface area contributed by atoms with Crippen molar-refractivity contribution in [2.45, 2.75) is 44.4 Å². The molecule has 1 aromatic carbocycles. The normalized spacial score (nSPS) is 20.1. The second-order valence-corrected chi connectivity index (χ2v) is 5.42. The van der Waals surface area contributed by atoms with Gasteiger partial charge >= 0.3 is 0 Å². The van der Waals surface area contributed by atoms with Crippen LogP contribution in [0.1, 0.15) is 54.7 Å². The summed E-state index contributed by atoms with van der Waals surface area (Å²) in [5.41, 5.74) is 4.19. The van der Waals surface area contributed by atoms with Gasteiger partial charge in [0.1, 0.15) is 0 Å². The Kier molecular flexibility index (Phi) is 2.77. The Hall–Kier alpha value is -0.750. The maximum atomic E-state index is 6.41. The second kappa shape index (κ2) is 4.25. The molecule has 3 rings (SSSR count). The molecule has 1 heteroatoms. The summed E-state index contributed by atoms with van der Waals surface area (Å²) in [4.78, 5) is 0. The fourth-order valence-electron chi connectivity index (χ4n) is 3.02. The number of rotatable bonds is 1. The Morgan fingerprint density at radius 1 is 1.06 bits per heavy atom. The molecule has 0 atom stereocenters. The first kappa shape index (κ1) is 10.4. The fourth-order valence-corrected chi connectivity index (χ4v) is 3.35. The van der Waals surface area contributed by atoms with Gasteiger partial charge in [-0.2, -0.15) is 0 Å². The zero-order chi connectivity index (χ0) is 11.0. The van der Waals surface area contributed by atoms with Crippen LogP contribution in [-0.2, 0) is 6.42 Å².